The van der Waals surface area contributed by atoms with Gasteiger partial charge in [-0.05, 0) is 65.3 Å². The molecule has 124 valence electrons. The van der Waals surface area contributed by atoms with E-state index in [4.69, 9.17) is 14.6 Å². The minimum atomic E-state index is -0.894. The Balaban J connectivity index is 2.06. The smallest absolute Gasteiger partial charge is 0.328 e. The topological polar surface area (TPSA) is 55.8 Å². The minimum absolute atomic E-state index is 0.675. The lowest BCUT2D eigenvalue weighted by atomic mass is 9.85. The zero-order valence-corrected chi connectivity index (χ0v) is 13.8. The first kappa shape index (κ1) is 16.1. The van der Waals surface area contributed by atoms with Crippen LogP contribution in [0.4, 0.5) is 0 Å². The quantitative estimate of drug-likeness (QED) is 0.857. The number of aliphatic carboxylic acids is 1. The summed E-state index contributed by atoms with van der Waals surface area (Å²) in [6, 6.07) is 12.0. The third-order valence-corrected chi connectivity index (χ3v) is 4.36. The summed E-state index contributed by atoms with van der Waals surface area (Å²) in [5, 5.41) is 9.10. The van der Waals surface area contributed by atoms with Crippen LogP contribution in [0.1, 0.15) is 24.0 Å². The summed E-state index contributed by atoms with van der Waals surface area (Å²) >= 11 is 0. The van der Waals surface area contributed by atoms with E-state index in [1.807, 2.05) is 18.2 Å². The minimum Gasteiger partial charge on any atom is -0.493 e. The SMILES string of the molecule is COc1ccc(-c2ccc3c(c2)/C(=C/C(=O)O)CCC3)cc1OC. The predicted octanol–water partition coefficient (Wildman–Crippen LogP) is 4.18. The standard InChI is InChI=1S/C20H20O4/c1-23-18-9-8-15(11-19(18)24-2)14-7-6-13-4-3-5-16(12-20(21)22)17(13)10-14/h6-12H,3-5H2,1-2H3,(H,21,22)/b16-12+. The van der Waals surface area contributed by atoms with Crippen molar-refractivity contribution in [1.82, 2.24) is 0 Å². The number of fused-ring (bicyclic) bond motifs is 1. The van der Waals surface area contributed by atoms with Gasteiger partial charge >= 0.3 is 5.97 Å². The molecule has 1 aliphatic rings. The van der Waals surface area contributed by atoms with Gasteiger partial charge in [-0.2, -0.15) is 0 Å². The molecular formula is C20H20O4. The molecule has 4 heteroatoms. The van der Waals surface area contributed by atoms with Crippen molar-refractivity contribution in [3.63, 3.8) is 0 Å². The highest BCUT2D eigenvalue weighted by atomic mass is 16.5. The average Bonchev–Trinajstić information content (AvgIpc) is 2.60. The molecule has 0 radical (unpaired) electrons. The summed E-state index contributed by atoms with van der Waals surface area (Å²) in [6.45, 7) is 0. The number of benzene rings is 2. The Hall–Kier alpha value is -2.75. The van der Waals surface area contributed by atoms with Crippen LogP contribution in [-0.4, -0.2) is 25.3 Å². The monoisotopic (exact) mass is 324 g/mol. The largest absolute Gasteiger partial charge is 0.493 e. The number of methoxy groups -OCH3 is 2. The Morgan fingerprint density at radius 1 is 1.00 bits per heavy atom. The Bertz CT molecular complexity index is 805. The van der Waals surface area contributed by atoms with Crippen LogP contribution in [0.3, 0.4) is 0 Å². The number of hydrogen-bond donors (Lipinski definition) is 1. The fourth-order valence-corrected chi connectivity index (χ4v) is 3.19. The van der Waals surface area contributed by atoms with Gasteiger partial charge in [0, 0.05) is 6.08 Å². The molecule has 0 bridgehead atoms. The van der Waals surface area contributed by atoms with Gasteiger partial charge in [0.25, 0.3) is 0 Å². The van der Waals surface area contributed by atoms with Crippen molar-refractivity contribution in [2.45, 2.75) is 19.3 Å². The van der Waals surface area contributed by atoms with Crippen LogP contribution < -0.4 is 9.47 Å². The Morgan fingerprint density at radius 3 is 2.42 bits per heavy atom. The van der Waals surface area contributed by atoms with Crippen molar-refractivity contribution in [3.05, 3.63) is 53.6 Å². The van der Waals surface area contributed by atoms with Crippen molar-refractivity contribution in [1.29, 1.82) is 0 Å². The summed E-state index contributed by atoms with van der Waals surface area (Å²) in [5.74, 6) is 0.467. The van der Waals surface area contributed by atoms with Gasteiger partial charge in [0.15, 0.2) is 11.5 Å². The normalized spacial score (nSPS) is 15.0. The highest BCUT2D eigenvalue weighted by Gasteiger charge is 2.16. The maximum absolute atomic E-state index is 11.1. The molecule has 0 fully saturated rings. The molecular weight excluding hydrogens is 304 g/mol. The number of ether oxygens (including phenoxy) is 2. The molecule has 0 saturated carbocycles. The van der Waals surface area contributed by atoms with E-state index in [-0.39, 0.29) is 0 Å². The Kier molecular flexibility index (Phi) is 4.56. The molecule has 0 amide bonds. The van der Waals surface area contributed by atoms with Crippen LogP contribution in [0.5, 0.6) is 11.5 Å². The molecule has 4 nitrogen and oxygen atoms in total. The van der Waals surface area contributed by atoms with E-state index >= 15 is 0 Å². The van der Waals surface area contributed by atoms with Crippen LogP contribution >= 0.6 is 0 Å². The van der Waals surface area contributed by atoms with Crippen LogP contribution in [0.2, 0.25) is 0 Å². The molecule has 0 heterocycles. The fraction of sp³-hybridized carbons (Fsp3) is 0.250. The van der Waals surface area contributed by atoms with E-state index in [1.165, 1.54) is 11.6 Å². The van der Waals surface area contributed by atoms with Gasteiger partial charge in [-0.3, -0.25) is 0 Å². The number of carbonyl (C=O) groups is 1. The summed E-state index contributed by atoms with van der Waals surface area (Å²) < 4.78 is 10.6. The first-order chi connectivity index (χ1) is 11.6. The third kappa shape index (κ3) is 3.13. The molecule has 0 atom stereocenters. The van der Waals surface area contributed by atoms with Crippen LogP contribution in [0, 0.1) is 0 Å². The van der Waals surface area contributed by atoms with Gasteiger partial charge in [-0.15, -0.1) is 0 Å². The first-order valence-corrected chi connectivity index (χ1v) is 7.91. The lowest BCUT2D eigenvalue weighted by molar-refractivity contribution is -0.131. The zero-order chi connectivity index (χ0) is 17.1. The van der Waals surface area contributed by atoms with E-state index in [0.717, 1.165) is 41.5 Å². The molecule has 3 rings (SSSR count). The molecule has 1 aliphatic carbocycles. The molecule has 0 unspecified atom stereocenters. The summed E-state index contributed by atoms with van der Waals surface area (Å²) in [5.41, 5.74) is 5.18. The fourth-order valence-electron chi connectivity index (χ4n) is 3.19. The van der Waals surface area contributed by atoms with Crippen molar-refractivity contribution in [2.75, 3.05) is 14.2 Å². The van der Waals surface area contributed by atoms with Gasteiger partial charge in [0.1, 0.15) is 0 Å². The van der Waals surface area contributed by atoms with Gasteiger partial charge in [0.05, 0.1) is 14.2 Å². The molecule has 1 N–H and O–H groups in total. The van der Waals surface area contributed by atoms with Crippen molar-refractivity contribution >= 4 is 11.5 Å². The number of aryl methyl sites for hydroxylation is 1. The summed E-state index contributed by atoms with van der Waals surface area (Å²) in [6.07, 6.45) is 4.10. The van der Waals surface area contributed by atoms with E-state index in [9.17, 15) is 4.79 Å². The summed E-state index contributed by atoms with van der Waals surface area (Å²) in [4.78, 5) is 11.1. The summed E-state index contributed by atoms with van der Waals surface area (Å²) in [7, 11) is 3.22. The molecule has 2 aromatic rings. The van der Waals surface area contributed by atoms with E-state index < -0.39 is 5.97 Å². The first-order valence-electron chi connectivity index (χ1n) is 7.91. The maximum Gasteiger partial charge on any atom is 0.328 e. The molecule has 24 heavy (non-hydrogen) atoms. The second kappa shape index (κ2) is 6.79. The highest BCUT2D eigenvalue weighted by molar-refractivity contribution is 5.91. The van der Waals surface area contributed by atoms with Gasteiger partial charge in [0.2, 0.25) is 0 Å². The highest BCUT2D eigenvalue weighted by Crippen LogP contribution is 2.36. The third-order valence-electron chi connectivity index (χ3n) is 4.36. The van der Waals surface area contributed by atoms with Crippen LogP contribution in [0.15, 0.2) is 42.5 Å². The maximum atomic E-state index is 11.1. The molecule has 2 aromatic carbocycles. The number of rotatable bonds is 4. The average molecular weight is 324 g/mol. The Morgan fingerprint density at radius 2 is 1.71 bits per heavy atom. The Labute approximate surface area is 141 Å². The molecule has 0 saturated heterocycles. The zero-order valence-electron chi connectivity index (χ0n) is 13.8. The van der Waals surface area contributed by atoms with Gasteiger partial charge < -0.3 is 14.6 Å². The lowest BCUT2D eigenvalue weighted by Gasteiger charge is -2.20. The van der Waals surface area contributed by atoms with E-state index in [1.54, 1.807) is 14.2 Å². The predicted molar refractivity (Wildman–Crippen MR) is 93.5 cm³/mol. The molecule has 0 spiro atoms. The number of allylic oxidation sites excluding steroid dienone is 1. The van der Waals surface area contributed by atoms with E-state index in [2.05, 4.69) is 18.2 Å². The van der Waals surface area contributed by atoms with Crippen molar-refractivity contribution in [2.24, 2.45) is 0 Å². The number of carboxylic acids is 1. The molecule has 0 aliphatic heterocycles. The van der Waals surface area contributed by atoms with Crippen LogP contribution in [-0.2, 0) is 11.2 Å². The number of hydrogen-bond acceptors (Lipinski definition) is 3. The second-order valence-corrected chi connectivity index (χ2v) is 5.80. The second-order valence-electron chi connectivity index (χ2n) is 5.80. The number of carboxylic acid groups (broad SMARTS) is 1. The van der Waals surface area contributed by atoms with Gasteiger partial charge in [-0.1, -0.05) is 18.2 Å². The van der Waals surface area contributed by atoms with Crippen molar-refractivity contribution in [3.8, 4) is 22.6 Å². The van der Waals surface area contributed by atoms with E-state index in [0.29, 0.717) is 11.5 Å². The van der Waals surface area contributed by atoms with Crippen LogP contribution in [0.25, 0.3) is 16.7 Å². The van der Waals surface area contributed by atoms with Crippen molar-refractivity contribution < 1.29 is 19.4 Å². The lowest BCUT2D eigenvalue weighted by Crippen LogP contribution is -2.04. The van der Waals surface area contributed by atoms with Gasteiger partial charge in [-0.25, -0.2) is 4.79 Å². The molecule has 0 aromatic heterocycles.